The second-order valence-electron chi connectivity index (χ2n) is 7.62. The monoisotopic (exact) mass is 462 g/mol. The topological polar surface area (TPSA) is 76.7 Å². The van der Waals surface area contributed by atoms with Gasteiger partial charge in [0.15, 0.2) is 0 Å². The van der Waals surface area contributed by atoms with Crippen LogP contribution in [0.5, 0.6) is 0 Å². The number of ether oxygens (including phenoxy) is 2. The molecule has 7 heteroatoms. The van der Waals surface area contributed by atoms with Crippen LogP contribution in [0.25, 0.3) is 0 Å². The number of alkyl carbamates (subject to hydrolysis) is 2. The van der Waals surface area contributed by atoms with Crippen molar-refractivity contribution < 1.29 is 19.1 Å². The van der Waals surface area contributed by atoms with E-state index in [0.717, 1.165) is 15.6 Å². The van der Waals surface area contributed by atoms with Crippen molar-refractivity contribution in [2.45, 2.75) is 45.4 Å². The van der Waals surface area contributed by atoms with Crippen molar-refractivity contribution >= 4 is 28.1 Å². The van der Waals surface area contributed by atoms with Gasteiger partial charge in [-0.2, -0.15) is 0 Å². The van der Waals surface area contributed by atoms with Crippen LogP contribution >= 0.6 is 15.9 Å². The summed E-state index contributed by atoms with van der Waals surface area (Å²) in [6.07, 6.45) is -0.536. The molecule has 2 aromatic rings. The molecule has 0 aliphatic heterocycles. The van der Waals surface area contributed by atoms with E-state index in [1.165, 1.54) is 0 Å². The van der Waals surface area contributed by atoms with Crippen LogP contribution in [0.1, 0.15) is 31.9 Å². The van der Waals surface area contributed by atoms with Gasteiger partial charge in [-0.1, -0.05) is 58.4 Å². The summed E-state index contributed by atoms with van der Waals surface area (Å²) in [4.78, 5) is 24.2. The van der Waals surface area contributed by atoms with Crippen LogP contribution in [-0.4, -0.2) is 30.4 Å². The van der Waals surface area contributed by atoms with E-state index in [2.05, 4.69) is 26.6 Å². The zero-order chi connectivity index (χ0) is 21.3. The third-order valence-corrected chi connectivity index (χ3v) is 4.35. The molecule has 29 heavy (non-hydrogen) atoms. The van der Waals surface area contributed by atoms with Gasteiger partial charge in [0.1, 0.15) is 12.2 Å². The number of hydrogen-bond acceptors (Lipinski definition) is 4. The largest absolute Gasteiger partial charge is 0.445 e. The predicted octanol–water partition coefficient (Wildman–Crippen LogP) is 4.81. The number of amides is 2. The maximum atomic E-state index is 12.2. The highest BCUT2D eigenvalue weighted by atomic mass is 79.9. The van der Waals surface area contributed by atoms with E-state index in [1.54, 1.807) is 20.8 Å². The third-order valence-electron chi connectivity index (χ3n) is 3.82. The molecule has 2 N–H and O–H groups in total. The van der Waals surface area contributed by atoms with Gasteiger partial charge in [0.05, 0.1) is 6.04 Å². The van der Waals surface area contributed by atoms with Gasteiger partial charge in [-0.05, 0) is 50.5 Å². The van der Waals surface area contributed by atoms with Crippen LogP contribution < -0.4 is 10.6 Å². The third kappa shape index (κ3) is 9.47. The minimum Gasteiger partial charge on any atom is -0.445 e. The predicted molar refractivity (Wildman–Crippen MR) is 116 cm³/mol. The Morgan fingerprint density at radius 1 is 0.966 bits per heavy atom. The summed E-state index contributed by atoms with van der Waals surface area (Å²) >= 11 is 3.41. The summed E-state index contributed by atoms with van der Waals surface area (Å²) in [5.74, 6) is 0. The molecule has 0 spiro atoms. The van der Waals surface area contributed by atoms with E-state index in [-0.39, 0.29) is 19.2 Å². The van der Waals surface area contributed by atoms with Crippen LogP contribution in [0.15, 0.2) is 59.1 Å². The highest BCUT2D eigenvalue weighted by molar-refractivity contribution is 9.10. The summed E-state index contributed by atoms with van der Waals surface area (Å²) in [6, 6.07) is 16.9. The van der Waals surface area contributed by atoms with Crippen molar-refractivity contribution in [2.75, 3.05) is 6.54 Å². The van der Waals surface area contributed by atoms with Crippen LogP contribution in [0.4, 0.5) is 9.59 Å². The van der Waals surface area contributed by atoms with Crippen LogP contribution in [0, 0.1) is 0 Å². The van der Waals surface area contributed by atoms with E-state index in [0.29, 0.717) is 6.42 Å². The average Bonchev–Trinajstić information content (AvgIpc) is 2.65. The van der Waals surface area contributed by atoms with Crippen molar-refractivity contribution in [3.8, 4) is 0 Å². The lowest BCUT2D eigenvalue weighted by Gasteiger charge is -2.24. The standard InChI is InChI=1S/C22H27BrN2O4/c1-22(2,3)29-21(27)25-19(13-16-9-11-18(23)12-10-16)14-24-20(26)28-15-17-7-5-4-6-8-17/h4-12,19H,13-15H2,1-3H3,(H,24,26)(H,25,27). The summed E-state index contributed by atoms with van der Waals surface area (Å²) in [5.41, 5.74) is 1.32. The first kappa shape index (κ1) is 22.7. The fourth-order valence-electron chi connectivity index (χ4n) is 2.53. The molecule has 0 bridgehead atoms. The van der Waals surface area contributed by atoms with E-state index in [4.69, 9.17) is 9.47 Å². The normalized spacial score (nSPS) is 12.0. The summed E-state index contributed by atoms with van der Waals surface area (Å²) < 4.78 is 11.5. The Kier molecular flexibility index (Phi) is 8.51. The molecule has 156 valence electrons. The van der Waals surface area contributed by atoms with E-state index >= 15 is 0 Å². The van der Waals surface area contributed by atoms with Gasteiger partial charge < -0.3 is 20.1 Å². The molecule has 0 aliphatic rings. The highest BCUT2D eigenvalue weighted by Gasteiger charge is 2.20. The molecule has 0 fully saturated rings. The Hall–Kier alpha value is -2.54. The molecule has 0 saturated heterocycles. The lowest BCUT2D eigenvalue weighted by atomic mass is 10.1. The summed E-state index contributed by atoms with van der Waals surface area (Å²) in [6.45, 7) is 5.80. The van der Waals surface area contributed by atoms with Gasteiger partial charge in [0.25, 0.3) is 0 Å². The molecule has 0 radical (unpaired) electrons. The first-order valence-electron chi connectivity index (χ1n) is 9.40. The second-order valence-corrected chi connectivity index (χ2v) is 8.53. The molecule has 0 aromatic heterocycles. The van der Waals surface area contributed by atoms with Crippen molar-refractivity contribution in [3.63, 3.8) is 0 Å². The molecule has 1 unspecified atom stereocenters. The van der Waals surface area contributed by atoms with Gasteiger partial charge in [-0.25, -0.2) is 9.59 Å². The van der Waals surface area contributed by atoms with Crippen molar-refractivity contribution in [1.82, 2.24) is 10.6 Å². The van der Waals surface area contributed by atoms with E-state index in [1.807, 2.05) is 54.6 Å². The molecular formula is C22H27BrN2O4. The Balaban J connectivity index is 1.91. The Morgan fingerprint density at radius 3 is 2.24 bits per heavy atom. The minimum absolute atomic E-state index is 0.184. The SMILES string of the molecule is CC(C)(C)OC(=O)NC(CNC(=O)OCc1ccccc1)Cc1ccc(Br)cc1. The zero-order valence-corrected chi connectivity index (χ0v) is 18.5. The second kappa shape index (κ2) is 10.9. The summed E-state index contributed by atoms with van der Waals surface area (Å²) in [7, 11) is 0. The van der Waals surface area contributed by atoms with E-state index < -0.39 is 17.8 Å². The number of benzene rings is 2. The lowest BCUT2D eigenvalue weighted by Crippen LogP contribution is -2.46. The maximum Gasteiger partial charge on any atom is 0.407 e. The zero-order valence-electron chi connectivity index (χ0n) is 16.9. The average molecular weight is 463 g/mol. The van der Waals surface area contributed by atoms with Gasteiger partial charge >= 0.3 is 12.2 Å². The lowest BCUT2D eigenvalue weighted by molar-refractivity contribution is 0.0502. The number of nitrogens with one attached hydrogen (secondary N) is 2. The number of carbonyl (C=O) groups excluding carboxylic acids is 2. The van der Waals surface area contributed by atoms with Gasteiger partial charge in [-0.3, -0.25) is 0 Å². The number of halogens is 1. The number of carbonyl (C=O) groups is 2. The fraction of sp³-hybridized carbons (Fsp3) is 0.364. The smallest absolute Gasteiger partial charge is 0.407 e. The van der Waals surface area contributed by atoms with Crippen LogP contribution in [0.2, 0.25) is 0 Å². The van der Waals surface area contributed by atoms with Crippen molar-refractivity contribution in [2.24, 2.45) is 0 Å². The maximum absolute atomic E-state index is 12.2. The summed E-state index contributed by atoms with van der Waals surface area (Å²) in [5, 5.41) is 5.53. The molecule has 2 aromatic carbocycles. The number of rotatable bonds is 7. The molecule has 1 atom stereocenters. The van der Waals surface area contributed by atoms with Crippen LogP contribution in [-0.2, 0) is 22.5 Å². The van der Waals surface area contributed by atoms with Crippen LogP contribution in [0.3, 0.4) is 0 Å². The Labute approximate surface area is 180 Å². The fourth-order valence-corrected chi connectivity index (χ4v) is 2.80. The molecule has 2 amide bonds. The minimum atomic E-state index is -0.603. The van der Waals surface area contributed by atoms with E-state index in [9.17, 15) is 9.59 Å². The van der Waals surface area contributed by atoms with Crippen molar-refractivity contribution in [3.05, 3.63) is 70.2 Å². The van der Waals surface area contributed by atoms with Gasteiger partial charge in [0, 0.05) is 11.0 Å². The van der Waals surface area contributed by atoms with Gasteiger partial charge in [-0.15, -0.1) is 0 Å². The Morgan fingerprint density at radius 2 is 1.62 bits per heavy atom. The highest BCUT2D eigenvalue weighted by Crippen LogP contribution is 2.13. The molecule has 2 rings (SSSR count). The Bertz CT molecular complexity index is 789. The first-order valence-corrected chi connectivity index (χ1v) is 10.2. The number of hydrogen-bond donors (Lipinski definition) is 2. The molecule has 0 heterocycles. The first-order chi connectivity index (χ1) is 13.7. The molecule has 6 nitrogen and oxygen atoms in total. The quantitative estimate of drug-likeness (QED) is 0.618. The van der Waals surface area contributed by atoms with Crippen molar-refractivity contribution in [1.29, 1.82) is 0 Å². The molecular weight excluding hydrogens is 436 g/mol. The molecule has 0 saturated carbocycles. The van der Waals surface area contributed by atoms with Gasteiger partial charge in [0.2, 0.25) is 0 Å². The molecule has 0 aliphatic carbocycles.